The van der Waals surface area contributed by atoms with Crippen molar-refractivity contribution in [1.29, 1.82) is 0 Å². The second-order valence-corrected chi connectivity index (χ2v) is 10.7. The Hall–Kier alpha value is -3.19. The minimum absolute atomic E-state index is 0.0288. The van der Waals surface area contributed by atoms with Gasteiger partial charge in [0, 0.05) is 25.3 Å². The minimum Gasteiger partial charge on any atom is -0.463 e. The summed E-state index contributed by atoms with van der Waals surface area (Å²) < 4.78 is 11.5. The molecule has 0 aliphatic heterocycles. The van der Waals surface area contributed by atoms with Gasteiger partial charge in [-0.2, -0.15) is 0 Å². The molecular formula is C36H56N2O5. The average Bonchev–Trinajstić information content (AvgIpc) is 2.98. The Morgan fingerprint density at radius 1 is 0.837 bits per heavy atom. The Morgan fingerprint density at radius 2 is 1.40 bits per heavy atom. The third-order valence-electron chi connectivity index (χ3n) is 7.04. The second kappa shape index (κ2) is 24.3. The summed E-state index contributed by atoms with van der Waals surface area (Å²) in [5.41, 5.74) is 0.462. The molecule has 0 aromatic heterocycles. The number of hydrogen-bond acceptors (Lipinski definition) is 5. The predicted molar refractivity (Wildman–Crippen MR) is 176 cm³/mol. The van der Waals surface area contributed by atoms with E-state index in [0.29, 0.717) is 18.4 Å². The van der Waals surface area contributed by atoms with Gasteiger partial charge in [0.2, 0.25) is 11.8 Å². The summed E-state index contributed by atoms with van der Waals surface area (Å²) in [5, 5.41) is 6.02. The lowest BCUT2D eigenvalue weighted by molar-refractivity contribution is -0.139. The highest BCUT2D eigenvalue weighted by Crippen LogP contribution is 2.25. The molecule has 0 spiro atoms. The largest absolute Gasteiger partial charge is 0.463 e. The SMILES string of the molecule is CC/C=C\C/C=C\C/C=C\C/C=C\C/C=C\CCCC(=O)N[C@H]1CC(C(=O)OCC)=C[C@@H](OC(CC)CC)[C@@H]1NC(C)=O. The van der Waals surface area contributed by atoms with Gasteiger partial charge in [-0.25, -0.2) is 4.79 Å². The van der Waals surface area contributed by atoms with E-state index in [9.17, 15) is 14.4 Å². The molecule has 0 saturated carbocycles. The maximum atomic E-state index is 12.9. The van der Waals surface area contributed by atoms with Crippen LogP contribution < -0.4 is 10.6 Å². The zero-order chi connectivity index (χ0) is 31.7. The van der Waals surface area contributed by atoms with Crippen LogP contribution >= 0.6 is 0 Å². The maximum Gasteiger partial charge on any atom is 0.333 e. The van der Waals surface area contributed by atoms with Crippen molar-refractivity contribution in [2.75, 3.05) is 6.61 Å². The molecule has 0 radical (unpaired) electrons. The number of carbonyl (C=O) groups is 3. The molecule has 2 amide bonds. The van der Waals surface area contributed by atoms with Gasteiger partial charge in [0.1, 0.15) is 0 Å². The fourth-order valence-electron chi connectivity index (χ4n) is 4.75. The summed E-state index contributed by atoms with van der Waals surface area (Å²) in [4.78, 5) is 37.6. The van der Waals surface area contributed by atoms with Gasteiger partial charge < -0.3 is 20.1 Å². The van der Waals surface area contributed by atoms with Gasteiger partial charge >= 0.3 is 5.97 Å². The van der Waals surface area contributed by atoms with Crippen LogP contribution in [0.25, 0.3) is 0 Å². The molecule has 0 saturated heterocycles. The van der Waals surface area contributed by atoms with Crippen molar-refractivity contribution < 1.29 is 23.9 Å². The number of esters is 1. The summed E-state index contributed by atoms with van der Waals surface area (Å²) in [5.74, 6) is -0.743. The highest BCUT2D eigenvalue weighted by atomic mass is 16.5. The Balaban J connectivity index is 2.55. The number of hydrogen-bond donors (Lipinski definition) is 2. The van der Waals surface area contributed by atoms with Crippen molar-refractivity contribution in [3.63, 3.8) is 0 Å². The number of amides is 2. The molecule has 1 rings (SSSR count). The first-order valence-corrected chi connectivity index (χ1v) is 16.2. The Kier molecular flexibility index (Phi) is 21.4. The minimum atomic E-state index is -0.548. The van der Waals surface area contributed by atoms with Gasteiger partial charge in [-0.05, 0) is 70.8 Å². The van der Waals surface area contributed by atoms with Crippen molar-refractivity contribution in [1.82, 2.24) is 10.6 Å². The van der Waals surface area contributed by atoms with Crippen LogP contribution in [0.1, 0.15) is 105 Å². The van der Waals surface area contributed by atoms with Crippen LogP contribution in [0, 0.1) is 0 Å². The molecule has 0 aromatic rings. The van der Waals surface area contributed by atoms with Crippen LogP contribution in [-0.2, 0) is 23.9 Å². The van der Waals surface area contributed by atoms with Gasteiger partial charge in [0.25, 0.3) is 0 Å². The van der Waals surface area contributed by atoms with Crippen molar-refractivity contribution >= 4 is 17.8 Å². The monoisotopic (exact) mass is 596 g/mol. The van der Waals surface area contributed by atoms with E-state index in [4.69, 9.17) is 9.47 Å². The Labute approximate surface area is 260 Å². The van der Waals surface area contributed by atoms with Crippen LogP contribution in [0.4, 0.5) is 0 Å². The van der Waals surface area contributed by atoms with Crippen LogP contribution in [-0.4, -0.2) is 48.7 Å². The second-order valence-electron chi connectivity index (χ2n) is 10.7. The summed E-state index contributed by atoms with van der Waals surface area (Å²) >= 11 is 0. The highest BCUT2D eigenvalue weighted by molar-refractivity contribution is 5.89. The van der Waals surface area contributed by atoms with Crippen LogP contribution in [0.3, 0.4) is 0 Å². The molecular weight excluding hydrogens is 540 g/mol. The zero-order valence-corrected chi connectivity index (χ0v) is 27.2. The summed E-state index contributed by atoms with van der Waals surface area (Å²) in [6, 6.07) is -0.958. The number of carbonyl (C=O) groups excluding carboxylic acids is 3. The van der Waals surface area contributed by atoms with Gasteiger partial charge in [-0.3, -0.25) is 9.59 Å². The molecule has 43 heavy (non-hydrogen) atoms. The van der Waals surface area contributed by atoms with Gasteiger partial charge in [0.05, 0.1) is 30.9 Å². The third-order valence-corrected chi connectivity index (χ3v) is 7.04. The molecule has 1 aliphatic carbocycles. The summed E-state index contributed by atoms with van der Waals surface area (Å²) in [7, 11) is 0. The van der Waals surface area contributed by atoms with Crippen LogP contribution in [0.5, 0.6) is 0 Å². The topological polar surface area (TPSA) is 93.7 Å². The summed E-state index contributed by atoms with van der Waals surface area (Å²) in [6.07, 6.45) is 31.4. The molecule has 1 aliphatic rings. The zero-order valence-electron chi connectivity index (χ0n) is 27.2. The first-order chi connectivity index (χ1) is 20.9. The average molecular weight is 597 g/mol. The Bertz CT molecular complexity index is 988. The molecule has 0 bridgehead atoms. The van der Waals surface area contributed by atoms with Gasteiger partial charge in [-0.1, -0.05) is 81.5 Å². The van der Waals surface area contributed by atoms with Gasteiger partial charge in [-0.15, -0.1) is 0 Å². The fraction of sp³-hybridized carbons (Fsp3) is 0.583. The molecule has 240 valence electrons. The van der Waals surface area contributed by atoms with Crippen molar-refractivity contribution in [2.45, 2.75) is 130 Å². The molecule has 0 aromatic carbocycles. The third kappa shape index (κ3) is 17.5. The number of nitrogens with one attached hydrogen (secondary N) is 2. The molecule has 7 nitrogen and oxygen atoms in total. The quantitative estimate of drug-likeness (QED) is 0.0820. The fourth-order valence-corrected chi connectivity index (χ4v) is 4.75. The maximum absolute atomic E-state index is 12.9. The lowest BCUT2D eigenvalue weighted by Gasteiger charge is -2.38. The van der Waals surface area contributed by atoms with E-state index in [2.05, 4.69) is 78.3 Å². The summed E-state index contributed by atoms with van der Waals surface area (Å²) in [6.45, 7) is 9.69. The van der Waals surface area contributed by atoms with E-state index in [1.54, 1.807) is 13.0 Å². The first kappa shape index (κ1) is 37.8. The number of ether oxygens (including phenoxy) is 2. The normalized spacial score (nSPS) is 19.3. The van der Waals surface area contributed by atoms with Crippen LogP contribution in [0.15, 0.2) is 72.4 Å². The molecule has 7 heteroatoms. The van der Waals surface area contributed by atoms with Crippen molar-refractivity contribution in [3.05, 3.63) is 72.4 Å². The standard InChI is InChI=1S/C36H56N2O5/c1-6-10-11-12-13-14-15-16-17-18-19-20-21-22-23-24-25-26-34(40)38-32-27-30(36(41)42-9-4)28-33(35(32)37-29(5)39)43-31(7-2)8-3/h10-11,13-14,16-17,19-20,22-23,28,31-33,35H,6-9,12,15,18,21,24-27H2,1-5H3,(H,37,39)(H,38,40)/b11-10-,14-13-,17-16-,20-19-,23-22-/t32-,33+,35+/m0/s1. The van der Waals surface area contributed by atoms with Crippen molar-refractivity contribution in [2.24, 2.45) is 0 Å². The highest BCUT2D eigenvalue weighted by Gasteiger charge is 2.38. The predicted octanol–water partition coefficient (Wildman–Crippen LogP) is 7.36. The van der Waals surface area contributed by atoms with E-state index >= 15 is 0 Å². The molecule has 2 N–H and O–H groups in total. The van der Waals surface area contributed by atoms with Gasteiger partial charge in [0.15, 0.2) is 0 Å². The van der Waals surface area contributed by atoms with Crippen molar-refractivity contribution in [3.8, 4) is 0 Å². The molecule has 0 fully saturated rings. The number of rotatable bonds is 21. The molecule has 3 atom stereocenters. The number of unbranched alkanes of at least 4 members (excludes halogenated alkanes) is 1. The molecule has 0 unspecified atom stereocenters. The smallest absolute Gasteiger partial charge is 0.333 e. The van der Waals surface area contributed by atoms with Crippen LogP contribution in [0.2, 0.25) is 0 Å². The number of allylic oxidation sites excluding steroid dienone is 10. The van der Waals surface area contributed by atoms with E-state index in [0.717, 1.165) is 51.4 Å². The van der Waals surface area contributed by atoms with E-state index in [-0.39, 0.29) is 30.9 Å². The van der Waals surface area contributed by atoms with E-state index < -0.39 is 24.2 Å². The lowest BCUT2D eigenvalue weighted by Crippen LogP contribution is -2.59. The lowest BCUT2D eigenvalue weighted by atomic mass is 9.87. The van der Waals surface area contributed by atoms with E-state index in [1.807, 2.05) is 13.8 Å². The first-order valence-electron chi connectivity index (χ1n) is 16.2. The Morgan fingerprint density at radius 3 is 1.91 bits per heavy atom. The molecule has 0 heterocycles. The van der Waals surface area contributed by atoms with E-state index in [1.165, 1.54) is 6.92 Å².